The van der Waals surface area contributed by atoms with Gasteiger partial charge in [0, 0.05) is 17.1 Å². The van der Waals surface area contributed by atoms with Gasteiger partial charge in [0.15, 0.2) is 6.29 Å². The quantitative estimate of drug-likeness (QED) is 0.715. The van der Waals surface area contributed by atoms with Crippen LogP contribution in [0.25, 0.3) is 0 Å². The molecule has 4 rings (SSSR count). The first-order valence-corrected chi connectivity index (χ1v) is 10.4. The SMILES string of the molecule is C[C@H]1CC(C)(C)OB(c2cc(C3OCCCO3)ccc2OCc2ccccc2)O1. The van der Waals surface area contributed by atoms with E-state index in [-0.39, 0.29) is 18.0 Å². The molecule has 154 valence electrons. The minimum atomic E-state index is -0.497. The van der Waals surface area contributed by atoms with E-state index < -0.39 is 7.12 Å². The van der Waals surface area contributed by atoms with E-state index in [0.29, 0.717) is 19.8 Å². The largest absolute Gasteiger partial charge is 0.498 e. The second-order valence-corrected chi connectivity index (χ2v) is 8.36. The van der Waals surface area contributed by atoms with Crippen molar-refractivity contribution in [3.05, 3.63) is 59.7 Å². The number of benzene rings is 2. The van der Waals surface area contributed by atoms with Crippen molar-refractivity contribution in [3.63, 3.8) is 0 Å². The topological polar surface area (TPSA) is 46.2 Å². The van der Waals surface area contributed by atoms with Crippen LogP contribution in [0.4, 0.5) is 0 Å². The fraction of sp³-hybridized carbons (Fsp3) is 0.478. The van der Waals surface area contributed by atoms with Gasteiger partial charge < -0.3 is 23.5 Å². The molecule has 0 unspecified atom stereocenters. The lowest BCUT2D eigenvalue weighted by Crippen LogP contribution is -2.52. The maximum Gasteiger partial charge on any atom is 0.498 e. The van der Waals surface area contributed by atoms with Gasteiger partial charge in [-0.25, -0.2) is 0 Å². The van der Waals surface area contributed by atoms with Gasteiger partial charge in [-0.2, -0.15) is 0 Å². The lowest BCUT2D eigenvalue weighted by Gasteiger charge is -2.38. The molecule has 0 aromatic heterocycles. The first-order chi connectivity index (χ1) is 14.0. The molecule has 0 aliphatic carbocycles. The fourth-order valence-corrected chi connectivity index (χ4v) is 3.90. The summed E-state index contributed by atoms with van der Waals surface area (Å²) in [4.78, 5) is 0. The van der Waals surface area contributed by atoms with Crippen LogP contribution >= 0.6 is 0 Å². The molecule has 0 saturated carbocycles. The Kier molecular flexibility index (Phi) is 6.25. The molecule has 0 spiro atoms. The van der Waals surface area contributed by atoms with Gasteiger partial charge in [-0.05, 0) is 45.2 Å². The molecule has 2 aromatic rings. The molecule has 5 nitrogen and oxygen atoms in total. The lowest BCUT2D eigenvalue weighted by molar-refractivity contribution is -0.183. The molecule has 2 aliphatic heterocycles. The summed E-state index contributed by atoms with van der Waals surface area (Å²) in [5.74, 6) is 0.753. The number of rotatable bonds is 5. The molecule has 0 N–H and O–H groups in total. The summed E-state index contributed by atoms with van der Waals surface area (Å²) in [6, 6.07) is 16.1. The average molecular weight is 396 g/mol. The molecule has 6 heteroatoms. The minimum Gasteiger partial charge on any atom is -0.489 e. The molecule has 0 amide bonds. The third-order valence-electron chi connectivity index (χ3n) is 5.19. The van der Waals surface area contributed by atoms with E-state index in [2.05, 4.69) is 32.9 Å². The van der Waals surface area contributed by atoms with Crippen LogP contribution in [0.15, 0.2) is 48.5 Å². The van der Waals surface area contributed by atoms with Crippen LogP contribution in [0.2, 0.25) is 0 Å². The fourth-order valence-electron chi connectivity index (χ4n) is 3.90. The normalized spacial score (nSPS) is 22.4. The Bertz CT molecular complexity index is 804. The van der Waals surface area contributed by atoms with Crippen molar-refractivity contribution in [1.82, 2.24) is 0 Å². The third-order valence-corrected chi connectivity index (χ3v) is 5.19. The van der Waals surface area contributed by atoms with E-state index in [4.69, 9.17) is 23.5 Å². The van der Waals surface area contributed by atoms with Gasteiger partial charge in [0.1, 0.15) is 12.4 Å². The first kappa shape index (κ1) is 20.4. The van der Waals surface area contributed by atoms with Crippen molar-refractivity contribution in [1.29, 1.82) is 0 Å². The van der Waals surface area contributed by atoms with Gasteiger partial charge in [0.25, 0.3) is 0 Å². The van der Waals surface area contributed by atoms with Gasteiger partial charge in [0.05, 0.1) is 18.8 Å². The molecule has 2 aromatic carbocycles. The molecule has 1 atom stereocenters. The van der Waals surface area contributed by atoms with E-state index in [0.717, 1.165) is 35.2 Å². The summed E-state index contributed by atoms with van der Waals surface area (Å²) in [6.07, 6.45) is 1.50. The molecule has 0 bridgehead atoms. The van der Waals surface area contributed by atoms with Crippen molar-refractivity contribution >= 4 is 12.6 Å². The summed E-state index contributed by atoms with van der Waals surface area (Å²) in [5, 5.41) is 0. The summed E-state index contributed by atoms with van der Waals surface area (Å²) >= 11 is 0. The van der Waals surface area contributed by atoms with E-state index in [1.54, 1.807) is 0 Å². The van der Waals surface area contributed by atoms with Crippen LogP contribution in [0, 0.1) is 0 Å². The van der Waals surface area contributed by atoms with Crippen molar-refractivity contribution in [3.8, 4) is 5.75 Å². The van der Waals surface area contributed by atoms with E-state index in [1.807, 2.05) is 36.4 Å². The highest BCUT2D eigenvalue weighted by Crippen LogP contribution is 2.29. The molecule has 2 saturated heterocycles. The van der Waals surface area contributed by atoms with Crippen molar-refractivity contribution in [2.45, 2.75) is 58.2 Å². The maximum absolute atomic E-state index is 6.28. The maximum atomic E-state index is 6.28. The van der Waals surface area contributed by atoms with E-state index in [1.165, 1.54) is 0 Å². The lowest BCUT2D eigenvalue weighted by atomic mass is 9.73. The zero-order valence-corrected chi connectivity index (χ0v) is 17.4. The molecular formula is C23H29BO5. The Morgan fingerprint density at radius 3 is 2.55 bits per heavy atom. The van der Waals surface area contributed by atoms with Crippen LogP contribution < -0.4 is 10.2 Å². The zero-order chi connectivity index (χ0) is 20.3. The predicted molar refractivity (Wildman–Crippen MR) is 112 cm³/mol. The number of hydrogen-bond acceptors (Lipinski definition) is 5. The van der Waals surface area contributed by atoms with Gasteiger partial charge in [-0.3, -0.25) is 0 Å². The second kappa shape index (κ2) is 8.88. The van der Waals surface area contributed by atoms with Crippen molar-refractivity contribution < 1.29 is 23.5 Å². The van der Waals surface area contributed by atoms with Crippen LogP contribution in [-0.4, -0.2) is 32.0 Å². The summed E-state index contributed by atoms with van der Waals surface area (Å²) < 4.78 is 30.2. The summed E-state index contributed by atoms with van der Waals surface area (Å²) in [6.45, 7) is 8.16. The van der Waals surface area contributed by atoms with Crippen molar-refractivity contribution in [2.24, 2.45) is 0 Å². The van der Waals surface area contributed by atoms with Gasteiger partial charge in [0.2, 0.25) is 0 Å². The van der Waals surface area contributed by atoms with Crippen LogP contribution in [0.5, 0.6) is 5.75 Å². The smallest absolute Gasteiger partial charge is 0.489 e. The van der Waals surface area contributed by atoms with Crippen molar-refractivity contribution in [2.75, 3.05) is 13.2 Å². The Morgan fingerprint density at radius 1 is 1.07 bits per heavy atom. The standard InChI is InChI=1S/C23H29BO5/c1-17-15-23(2,3)29-24(28-17)20-14-19(22-25-12-7-13-26-22)10-11-21(20)27-16-18-8-5-4-6-9-18/h4-6,8-11,14,17,22H,7,12-13,15-16H2,1-3H3/t17-/m0/s1. The number of ether oxygens (including phenoxy) is 3. The van der Waals surface area contributed by atoms with Gasteiger partial charge in [-0.1, -0.05) is 42.5 Å². The molecular weight excluding hydrogens is 367 g/mol. The summed E-state index contributed by atoms with van der Waals surface area (Å²) in [5.41, 5.74) is 2.67. The average Bonchev–Trinajstić information content (AvgIpc) is 2.72. The predicted octanol–water partition coefficient (Wildman–Crippen LogP) is 4.00. The second-order valence-electron chi connectivity index (χ2n) is 8.36. The Balaban J connectivity index is 1.62. The molecule has 2 fully saturated rings. The van der Waals surface area contributed by atoms with Crippen LogP contribution in [0.1, 0.15) is 51.0 Å². The van der Waals surface area contributed by atoms with E-state index in [9.17, 15) is 0 Å². The van der Waals surface area contributed by atoms with Gasteiger partial charge >= 0.3 is 7.12 Å². The number of hydrogen-bond donors (Lipinski definition) is 0. The molecule has 0 radical (unpaired) electrons. The minimum absolute atomic E-state index is 0.0940. The highest BCUT2D eigenvalue weighted by atomic mass is 16.7. The highest BCUT2D eigenvalue weighted by molar-refractivity contribution is 6.62. The van der Waals surface area contributed by atoms with Crippen LogP contribution in [-0.2, 0) is 25.4 Å². The summed E-state index contributed by atoms with van der Waals surface area (Å²) in [7, 11) is -0.497. The first-order valence-electron chi connectivity index (χ1n) is 10.4. The molecule has 2 heterocycles. The highest BCUT2D eigenvalue weighted by Gasteiger charge is 2.40. The Morgan fingerprint density at radius 2 is 1.83 bits per heavy atom. The third kappa shape index (κ3) is 5.20. The Labute approximate surface area is 173 Å². The van der Waals surface area contributed by atoms with Gasteiger partial charge in [-0.15, -0.1) is 0 Å². The molecule has 2 aliphatic rings. The van der Waals surface area contributed by atoms with Crippen LogP contribution in [0.3, 0.4) is 0 Å². The monoisotopic (exact) mass is 396 g/mol. The molecule has 29 heavy (non-hydrogen) atoms. The van der Waals surface area contributed by atoms with E-state index >= 15 is 0 Å². The Hall–Kier alpha value is -1.86. The zero-order valence-electron chi connectivity index (χ0n) is 17.4.